The lowest BCUT2D eigenvalue weighted by Gasteiger charge is -2.27. The predicted molar refractivity (Wildman–Crippen MR) is 84.2 cm³/mol. The Labute approximate surface area is 131 Å². The standard InChI is InChI=1S/C16H24ClNO3/c1-4-19-16(20-5-2)14(18-3)10-12-9-13(17)8-11-6-7-21-15(11)12/h8-9,14,16,18H,4-7,10H2,1-3H3. The Balaban J connectivity index is 2.18. The Morgan fingerprint density at radius 1 is 1.29 bits per heavy atom. The summed E-state index contributed by atoms with van der Waals surface area (Å²) >= 11 is 6.22. The summed E-state index contributed by atoms with van der Waals surface area (Å²) in [5.41, 5.74) is 2.30. The first-order valence-electron chi connectivity index (χ1n) is 7.54. The number of hydrogen-bond acceptors (Lipinski definition) is 4. The molecule has 0 radical (unpaired) electrons. The molecule has 1 N–H and O–H groups in total. The first kappa shape index (κ1) is 16.6. The van der Waals surface area contributed by atoms with Crippen molar-refractivity contribution < 1.29 is 14.2 Å². The van der Waals surface area contributed by atoms with Gasteiger partial charge in [-0.2, -0.15) is 0 Å². The minimum atomic E-state index is -0.277. The lowest BCUT2D eigenvalue weighted by molar-refractivity contribution is -0.152. The third-order valence-electron chi connectivity index (χ3n) is 3.63. The molecule has 1 aliphatic heterocycles. The smallest absolute Gasteiger partial charge is 0.172 e. The fourth-order valence-corrected chi connectivity index (χ4v) is 2.94. The largest absolute Gasteiger partial charge is 0.493 e. The third-order valence-corrected chi connectivity index (χ3v) is 3.84. The van der Waals surface area contributed by atoms with E-state index in [-0.39, 0.29) is 12.3 Å². The van der Waals surface area contributed by atoms with E-state index in [1.165, 1.54) is 5.56 Å². The van der Waals surface area contributed by atoms with Gasteiger partial charge in [0.15, 0.2) is 6.29 Å². The Hall–Kier alpha value is -0.810. The van der Waals surface area contributed by atoms with Gasteiger partial charge in [-0.3, -0.25) is 0 Å². The van der Waals surface area contributed by atoms with E-state index in [2.05, 4.69) is 5.32 Å². The molecule has 4 nitrogen and oxygen atoms in total. The van der Waals surface area contributed by atoms with Crippen molar-refractivity contribution in [3.63, 3.8) is 0 Å². The molecular formula is C16H24ClNO3. The van der Waals surface area contributed by atoms with E-state index < -0.39 is 0 Å². The van der Waals surface area contributed by atoms with Crippen LogP contribution in [0.2, 0.25) is 5.02 Å². The summed E-state index contributed by atoms with van der Waals surface area (Å²) in [6, 6.07) is 4.02. The van der Waals surface area contributed by atoms with E-state index >= 15 is 0 Å². The highest BCUT2D eigenvalue weighted by Crippen LogP contribution is 2.33. The van der Waals surface area contributed by atoms with Crippen molar-refractivity contribution >= 4 is 11.6 Å². The summed E-state index contributed by atoms with van der Waals surface area (Å²) in [5.74, 6) is 0.978. The third kappa shape index (κ3) is 4.10. The van der Waals surface area contributed by atoms with Crippen LogP contribution in [0.1, 0.15) is 25.0 Å². The highest BCUT2D eigenvalue weighted by atomic mass is 35.5. The molecule has 0 aromatic heterocycles. The van der Waals surface area contributed by atoms with Crippen LogP contribution < -0.4 is 10.1 Å². The zero-order valence-corrected chi connectivity index (χ0v) is 13.7. The maximum atomic E-state index is 6.22. The topological polar surface area (TPSA) is 39.7 Å². The van der Waals surface area contributed by atoms with Crippen LogP contribution in [0.15, 0.2) is 12.1 Å². The molecule has 118 valence electrons. The van der Waals surface area contributed by atoms with Gasteiger partial charge in [-0.1, -0.05) is 11.6 Å². The zero-order chi connectivity index (χ0) is 15.2. The maximum Gasteiger partial charge on any atom is 0.172 e. The highest BCUT2D eigenvalue weighted by molar-refractivity contribution is 6.30. The molecule has 1 atom stereocenters. The van der Waals surface area contributed by atoms with Crippen molar-refractivity contribution in [1.29, 1.82) is 0 Å². The molecule has 0 saturated carbocycles. The fraction of sp³-hybridized carbons (Fsp3) is 0.625. The minimum absolute atomic E-state index is 0.0525. The van der Waals surface area contributed by atoms with Crippen LogP contribution in [0, 0.1) is 0 Å². The highest BCUT2D eigenvalue weighted by Gasteiger charge is 2.25. The fourth-order valence-electron chi connectivity index (χ4n) is 2.68. The van der Waals surface area contributed by atoms with E-state index in [0.29, 0.717) is 13.2 Å². The average Bonchev–Trinajstić information content (AvgIpc) is 2.92. The molecule has 0 aliphatic carbocycles. The number of rotatable bonds is 8. The molecule has 0 fully saturated rings. The lowest BCUT2D eigenvalue weighted by atomic mass is 10.0. The van der Waals surface area contributed by atoms with Gasteiger partial charge in [0.2, 0.25) is 0 Å². The van der Waals surface area contributed by atoms with Crippen LogP contribution in [0.3, 0.4) is 0 Å². The number of fused-ring (bicyclic) bond motifs is 1. The molecule has 1 unspecified atom stereocenters. The Morgan fingerprint density at radius 3 is 2.62 bits per heavy atom. The second-order valence-corrected chi connectivity index (χ2v) is 5.47. The van der Waals surface area contributed by atoms with Gasteiger partial charge in [0.1, 0.15) is 5.75 Å². The number of benzene rings is 1. The van der Waals surface area contributed by atoms with Crippen molar-refractivity contribution in [2.45, 2.75) is 39.0 Å². The monoisotopic (exact) mass is 313 g/mol. The number of likely N-dealkylation sites (N-methyl/N-ethyl adjacent to an activating group) is 1. The van der Waals surface area contributed by atoms with Crippen molar-refractivity contribution in [2.75, 3.05) is 26.9 Å². The SMILES string of the molecule is CCOC(OCC)C(Cc1cc(Cl)cc2c1OCC2)NC. The first-order chi connectivity index (χ1) is 10.2. The lowest BCUT2D eigenvalue weighted by Crippen LogP contribution is -2.43. The van der Waals surface area contributed by atoms with E-state index in [1.54, 1.807) is 0 Å². The molecule has 2 rings (SSSR count). The number of halogens is 1. The molecule has 0 amide bonds. The second-order valence-electron chi connectivity index (χ2n) is 5.03. The maximum absolute atomic E-state index is 6.22. The van der Waals surface area contributed by atoms with E-state index in [9.17, 15) is 0 Å². The molecular weight excluding hydrogens is 290 g/mol. The number of nitrogens with one attached hydrogen (secondary N) is 1. The van der Waals surface area contributed by atoms with Crippen LogP contribution in [0.5, 0.6) is 5.75 Å². The van der Waals surface area contributed by atoms with Crippen molar-refractivity contribution in [3.8, 4) is 5.75 Å². The van der Waals surface area contributed by atoms with Crippen LogP contribution in [0.25, 0.3) is 0 Å². The molecule has 21 heavy (non-hydrogen) atoms. The van der Waals surface area contributed by atoms with E-state index in [0.717, 1.165) is 35.8 Å². The molecule has 1 heterocycles. The summed E-state index contributed by atoms with van der Waals surface area (Å²) in [4.78, 5) is 0. The van der Waals surface area contributed by atoms with Crippen molar-refractivity contribution in [2.24, 2.45) is 0 Å². The normalized spacial score (nSPS) is 15.1. The van der Waals surface area contributed by atoms with Crippen molar-refractivity contribution in [3.05, 3.63) is 28.3 Å². The average molecular weight is 314 g/mol. The van der Waals surface area contributed by atoms with Crippen molar-refractivity contribution in [1.82, 2.24) is 5.32 Å². The van der Waals surface area contributed by atoms with Gasteiger partial charge in [0.25, 0.3) is 0 Å². The first-order valence-corrected chi connectivity index (χ1v) is 7.91. The van der Waals surface area contributed by atoms with Crippen LogP contribution in [-0.4, -0.2) is 39.2 Å². The second kappa shape index (κ2) is 7.99. The summed E-state index contributed by atoms with van der Waals surface area (Å²) in [7, 11) is 1.92. The summed E-state index contributed by atoms with van der Waals surface area (Å²) < 4.78 is 17.2. The summed E-state index contributed by atoms with van der Waals surface area (Å²) in [6.45, 7) is 5.91. The molecule has 0 bridgehead atoms. The van der Waals surface area contributed by atoms with Gasteiger partial charge in [0.05, 0.1) is 12.6 Å². The molecule has 5 heteroatoms. The van der Waals surface area contributed by atoms with Gasteiger partial charge in [-0.15, -0.1) is 0 Å². The van der Waals surface area contributed by atoms with Gasteiger partial charge in [-0.25, -0.2) is 0 Å². The summed E-state index contributed by atoms with van der Waals surface area (Å²) in [5, 5.41) is 4.04. The Bertz CT molecular complexity index is 461. The van der Waals surface area contributed by atoms with Crippen LogP contribution in [0.4, 0.5) is 0 Å². The Kier molecular flexibility index (Phi) is 6.30. The number of hydrogen-bond donors (Lipinski definition) is 1. The van der Waals surface area contributed by atoms with Gasteiger partial charge in [-0.05, 0) is 50.6 Å². The molecule has 1 aliphatic rings. The molecule has 0 spiro atoms. The van der Waals surface area contributed by atoms with E-state index in [4.69, 9.17) is 25.8 Å². The molecule has 0 saturated heterocycles. The minimum Gasteiger partial charge on any atom is -0.493 e. The van der Waals surface area contributed by atoms with Gasteiger partial charge < -0.3 is 19.5 Å². The van der Waals surface area contributed by atoms with Gasteiger partial charge >= 0.3 is 0 Å². The van der Waals surface area contributed by atoms with Gasteiger partial charge in [0, 0.05) is 24.7 Å². The molecule has 1 aromatic rings. The van der Waals surface area contributed by atoms with Crippen LogP contribution >= 0.6 is 11.6 Å². The number of ether oxygens (including phenoxy) is 3. The summed E-state index contributed by atoms with van der Waals surface area (Å²) in [6.07, 6.45) is 1.40. The predicted octanol–water partition coefficient (Wildman–Crippen LogP) is 2.80. The van der Waals surface area contributed by atoms with E-state index in [1.807, 2.05) is 33.0 Å². The Morgan fingerprint density at radius 2 is 2.00 bits per heavy atom. The molecule has 1 aromatic carbocycles. The zero-order valence-electron chi connectivity index (χ0n) is 12.9. The van der Waals surface area contributed by atoms with Crippen LogP contribution in [-0.2, 0) is 22.3 Å². The quantitative estimate of drug-likeness (QED) is 0.749.